The van der Waals surface area contributed by atoms with E-state index in [1.165, 1.54) is 0 Å². The van der Waals surface area contributed by atoms with Gasteiger partial charge in [-0.15, -0.1) is 0 Å². The molecular formula is C29H31NO5. The van der Waals surface area contributed by atoms with E-state index in [9.17, 15) is 14.7 Å². The Balaban J connectivity index is 1.55. The molecule has 1 saturated carbocycles. The van der Waals surface area contributed by atoms with Gasteiger partial charge in [0, 0.05) is 29.7 Å². The number of methoxy groups -OCH3 is 1. The number of esters is 1. The number of benzene rings is 2. The van der Waals surface area contributed by atoms with Crippen molar-refractivity contribution in [2.45, 2.75) is 57.0 Å². The summed E-state index contributed by atoms with van der Waals surface area (Å²) < 4.78 is 11.2. The minimum atomic E-state index is -0.541. The summed E-state index contributed by atoms with van der Waals surface area (Å²) in [6.45, 7) is 1.86. The average molecular weight is 474 g/mol. The Morgan fingerprint density at radius 2 is 1.77 bits per heavy atom. The number of phenols is 1. The van der Waals surface area contributed by atoms with Crippen LogP contribution in [-0.2, 0) is 14.3 Å². The predicted octanol–water partition coefficient (Wildman–Crippen LogP) is 5.10. The van der Waals surface area contributed by atoms with Gasteiger partial charge >= 0.3 is 5.97 Å². The van der Waals surface area contributed by atoms with Gasteiger partial charge in [0.15, 0.2) is 0 Å². The highest BCUT2D eigenvalue weighted by Gasteiger charge is 2.45. The molecule has 0 aromatic heterocycles. The molecule has 1 heterocycles. The van der Waals surface area contributed by atoms with Gasteiger partial charge in [0.25, 0.3) is 0 Å². The first-order chi connectivity index (χ1) is 16.9. The lowest BCUT2D eigenvalue weighted by atomic mass is 9.68. The lowest BCUT2D eigenvalue weighted by molar-refractivity contribution is -0.144. The number of hydrogen-bond acceptors (Lipinski definition) is 6. The number of ether oxygens (including phenoxy) is 2. The molecule has 35 heavy (non-hydrogen) atoms. The van der Waals surface area contributed by atoms with Crippen LogP contribution in [0.15, 0.2) is 71.6 Å². The summed E-state index contributed by atoms with van der Waals surface area (Å²) in [7, 11) is 1.63. The van der Waals surface area contributed by atoms with Gasteiger partial charge in [-0.1, -0.05) is 30.3 Å². The van der Waals surface area contributed by atoms with E-state index >= 15 is 0 Å². The minimum Gasteiger partial charge on any atom is -0.508 e. The zero-order chi connectivity index (χ0) is 24.5. The third-order valence-electron chi connectivity index (χ3n) is 7.43. The maximum absolute atomic E-state index is 13.7. The fourth-order valence-corrected chi connectivity index (χ4v) is 5.71. The number of carbonyl (C=O) groups excluding carboxylic acids is 2. The van der Waals surface area contributed by atoms with Crippen molar-refractivity contribution in [2.24, 2.45) is 5.92 Å². The van der Waals surface area contributed by atoms with Crippen LogP contribution in [0.25, 0.3) is 0 Å². The van der Waals surface area contributed by atoms with Gasteiger partial charge in [-0.3, -0.25) is 4.79 Å². The first kappa shape index (κ1) is 23.2. The van der Waals surface area contributed by atoms with Gasteiger partial charge in [-0.05, 0) is 68.0 Å². The van der Waals surface area contributed by atoms with E-state index in [4.69, 9.17) is 9.47 Å². The van der Waals surface area contributed by atoms with Crippen molar-refractivity contribution in [3.63, 3.8) is 0 Å². The summed E-state index contributed by atoms with van der Waals surface area (Å²) in [5.41, 5.74) is 3.73. The molecule has 5 rings (SSSR count). The average Bonchev–Trinajstić information content (AvgIpc) is 3.36. The number of carbonyl (C=O) groups is 2. The van der Waals surface area contributed by atoms with Crippen LogP contribution >= 0.6 is 0 Å². The standard InChI is InChI=1S/C29H31NO5/c1-17-26(29(33)35-23-8-3-4-9-23)27(19-6-5-7-21(31)14-19)28-24(30-17)15-20(16-25(28)32)18-10-12-22(34-2)13-11-18/h5-7,10-15,20,23,27-28,30-31H,3-4,8-9,16H2,1-2H3. The summed E-state index contributed by atoms with van der Waals surface area (Å²) in [6, 6.07) is 14.6. The fraction of sp³-hybridized carbons (Fsp3) is 0.379. The third kappa shape index (κ3) is 4.57. The number of aromatic hydroxyl groups is 1. The molecule has 2 N–H and O–H groups in total. The van der Waals surface area contributed by atoms with Gasteiger partial charge < -0.3 is 19.9 Å². The maximum Gasteiger partial charge on any atom is 0.336 e. The molecule has 2 aromatic carbocycles. The van der Waals surface area contributed by atoms with Crippen LogP contribution in [0.5, 0.6) is 11.5 Å². The maximum atomic E-state index is 13.7. The summed E-state index contributed by atoms with van der Waals surface area (Å²) in [4.78, 5) is 27.1. The fourth-order valence-electron chi connectivity index (χ4n) is 5.71. The highest BCUT2D eigenvalue weighted by atomic mass is 16.5. The molecule has 3 unspecified atom stereocenters. The second-order valence-corrected chi connectivity index (χ2v) is 9.70. The summed E-state index contributed by atoms with van der Waals surface area (Å²) >= 11 is 0. The lowest BCUT2D eigenvalue weighted by Gasteiger charge is -2.39. The van der Waals surface area contributed by atoms with Gasteiger partial charge in [-0.25, -0.2) is 4.79 Å². The topological polar surface area (TPSA) is 84.9 Å². The van der Waals surface area contributed by atoms with Crippen LogP contribution in [0.3, 0.4) is 0 Å². The van der Waals surface area contributed by atoms with Crippen molar-refractivity contribution >= 4 is 11.8 Å². The van der Waals surface area contributed by atoms with Crippen molar-refractivity contribution in [1.82, 2.24) is 5.32 Å². The van der Waals surface area contributed by atoms with Crippen molar-refractivity contribution in [2.75, 3.05) is 7.11 Å². The van der Waals surface area contributed by atoms with Crippen LogP contribution in [0, 0.1) is 5.92 Å². The predicted molar refractivity (Wildman–Crippen MR) is 132 cm³/mol. The number of allylic oxidation sites excluding steroid dienone is 3. The Kier molecular flexibility index (Phi) is 6.37. The smallest absolute Gasteiger partial charge is 0.336 e. The number of Topliss-reactive ketones (excluding diaryl/α,β-unsaturated/α-hetero) is 1. The molecule has 0 radical (unpaired) electrons. The number of phenolic OH excluding ortho intramolecular Hbond substituents is 1. The van der Waals surface area contributed by atoms with Crippen molar-refractivity contribution < 1.29 is 24.2 Å². The van der Waals surface area contributed by atoms with Crippen LogP contribution in [-0.4, -0.2) is 30.1 Å². The van der Waals surface area contributed by atoms with Gasteiger partial charge in [-0.2, -0.15) is 0 Å². The molecule has 0 bridgehead atoms. The molecular weight excluding hydrogens is 442 g/mol. The molecule has 2 aromatic rings. The highest BCUT2D eigenvalue weighted by molar-refractivity contribution is 5.96. The molecule has 2 aliphatic carbocycles. The molecule has 0 spiro atoms. The van der Waals surface area contributed by atoms with Crippen LogP contribution < -0.4 is 10.1 Å². The summed E-state index contributed by atoms with van der Waals surface area (Å²) in [5, 5.41) is 13.6. The molecule has 6 nitrogen and oxygen atoms in total. The minimum absolute atomic E-state index is 0.0582. The number of hydrogen-bond donors (Lipinski definition) is 2. The lowest BCUT2D eigenvalue weighted by Crippen LogP contribution is -2.42. The van der Waals surface area contributed by atoms with Gasteiger partial charge in [0.05, 0.1) is 18.6 Å². The first-order valence-electron chi connectivity index (χ1n) is 12.3. The Bertz CT molecular complexity index is 1190. The second kappa shape index (κ2) is 9.61. The Labute approximate surface area is 205 Å². The quantitative estimate of drug-likeness (QED) is 0.588. The molecule has 182 valence electrons. The van der Waals surface area contributed by atoms with Crippen molar-refractivity contribution in [1.29, 1.82) is 0 Å². The van der Waals surface area contributed by atoms with E-state index in [-0.39, 0.29) is 29.5 Å². The number of ketones is 1. The third-order valence-corrected chi connectivity index (χ3v) is 7.43. The first-order valence-corrected chi connectivity index (χ1v) is 12.3. The van der Waals surface area contributed by atoms with E-state index < -0.39 is 11.8 Å². The molecule has 3 atom stereocenters. The number of nitrogens with one attached hydrogen (secondary N) is 1. The van der Waals surface area contributed by atoms with Gasteiger partial charge in [0.2, 0.25) is 0 Å². The van der Waals surface area contributed by atoms with E-state index in [0.29, 0.717) is 17.7 Å². The monoisotopic (exact) mass is 473 g/mol. The number of rotatable bonds is 5. The van der Waals surface area contributed by atoms with E-state index in [0.717, 1.165) is 48.3 Å². The largest absolute Gasteiger partial charge is 0.508 e. The van der Waals surface area contributed by atoms with E-state index in [2.05, 4.69) is 11.4 Å². The van der Waals surface area contributed by atoms with E-state index in [1.54, 1.807) is 25.3 Å². The molecule has 3 aliphatic rings. The van der Waals surface area contributed by atoms with Crippen LogP contribution in [0.4, 0.5) is 0 Å². The SMILES string of the molecule is COc1ccc(C2C=C3NC(C)=C(C(=O)OC4CCCC4)C(c4cccc(O)c4)C3C(=O)C2)cc1. The van der Waals surface area contributed by atoms with Crippen molar-refractivity contribution in [3.8, 4) is 11.5 Å². The van der Waals surface area contributed by atoms with E-state index in [1.807, 2.05) is 37.3 Å². The zero-order valence-corrected chi connectivity index (χ0v) is 20.1. The summed E-state index contributed by atoms with van der Waals surface area (Å²) in [5.74, 6) is -0.578. The Morgan fingerprint density at radius 1 is 1.03 bits per heavy atom. The molecule has 1 aliphatic heterocycles. The van der Waals surface area contributed by atoms with Gasteiger partial charge in [0.1, 0.15) is 23.4 Å². The second-order valence-electron chi connectivity index (χ2n) is 9.70. The highest BCUT2D eigenvalue weighted by Crippen LogP contribution is 2.47. The molecule has 6 heteroatoms. The van der Waals surface area contributed by atoms with Crippen molar-refractivity contribution in [3.05, 3.63) is 82.7 Å². The Hall–Kier alpha value is -3.54. The summed E-state index contributed by atoms with van der Waals surface area (Å²) in [6.07, 6.45) is 6.23. The molecule has 1 fully saturated rings. The van der Waals surface area contributed by atoms with Crippen LogP contribution in [0.2, 0.25) is 0 Å². The molecule has 0 saturated heterocycles. The number of fused-ring (bicyclic) bond motifs is 1. The normalized spacial score (nSPS) is 24.5. The molecule has 0 amide bonds. The zero-order valence-electron chi connectivity index (χ0n) is 20.1. The Morgan fingerprint density at radius 3 is 2.46 bits per heavy atom. The van der Waals surface area contributed by atoms with Crippen LogP contribution in [0.1, 0.15) is 62.0 Å².